The third-order valence-corrected chi connectivity index (χ3v) is 4.80. The Morgan fingerprint density at radius 3 is 2.12 bits per heavy atom. The van der Waals surface area contributed by atoms with Gasteiger partial charge in [0, 0.05) is 23.5 Å². The third kappa shape index (κ3) is 5.17. The number of hydrogen-bond acceptors (Lipinski definition) is 4. The molecular formula is C26H21N3O3. The third-order valence-electron chi connectivity index (χ3n) is 4.80. The lowest BCUT2D eigenvalue weighted by Gasteiger charge is -2.12. The first-order valence-corrected chi connectivity index (χ1v) is 10.1. The van der Waals surface area contributed by atoms with Gasteiger partial charge in [-0.2, -0.15) is 0 Å². The van der Waals surface area contributed by atoms with Gasteiger partial charge in [0.25, 0.3) is 11.8 Å². The maximum Gasteiger partial charge on any atom is 0.271 e. The van der Waals surface area contributed by atoms with Gasteiger partial charge in [0.2, 0.25) is 0 Å². The summed E-state index contributed by atoms with van der Waals surface area (Å²) in [7, 11) is 0. The van der Waals surface area contributed by atoms with E-state index in [1.807, 2.05) is 66.7 Å². The molecule has 0 aliphatic carbocycles. The number of hydrazine groups is 1. The van der Waals surface area contributed by atoms with E-state index in [0.717, 1.165) is 22.4 Å². The van der Waals surface area contributed by atoms with Crippen LogP contribution in [0, 0.1) is 0 Å². The van der Waals surface area contributed by atoms with Crippen LogP contribution in [-0.2, 0) is 6.61 Å². The van der Waals surface area contributed by atoms with Gasteiger partial charge in [-0.15, -0.1) is 0 Å². The number of benzene rings is 3. The van der Waals surface area contributed by atoms with Crippen molar-refractivity contribution in [3.63, 3.8) is 0 Å². The number of carbonyl (C=O) groups excluding carboxylic acids is 2. The lowest BCUT2D eigenvalue weighted by Crippen LogP contribution is -2.41. The first-order valence-electron chi connectivity index (χ1n) is 10.1. The van der Waals surface area contributed by atoms with E-state index < -0.39 is 11.8 Å². The second-order valence-electron chi connectivity index (χ2n) is 7.00. The molecule has 0 aliphatic rings. The molecule has 32 heavy (non-hydrogen) atoms. The van der Waals surface area contributed by atoms with Gasteiger partial charge in [0.05, 0.1) is 5.56 Å². The zero-order valence-electron chi connectivity index (χ0n) is 17.2. The number of amides is 2. The van der Waals surface area contributed by atoms with Crippen molar-refractivity contribution in [1.29, 1.82) is 0 Å². The smallest absolute Gasteiger partial charge is 0.271 e. The molecule has 0 radical (unpaired) electrons. The van der Waals surface area contributed by atoms with Crippen LogP contribution < -0.4 is 15.6 Å². The van der Waals surface area contributed by atoms with Crippen LogP contribution in [-0.4, -0.2) is 16.8 Å². The number of rotatable bonds is 6. The van der Waals surface area contributed by atoms with E-state index in [-0.39, 0.29) is 0 Å². The van der Waals surface area contributed by atoms with Gasteiger partial charge in [0.15, 0.2) is 0 Å². The number of hydrogen-bond donors (Lipinski definition) is 2. The number of para-hydroxylation sites is 1. The van der Waals surface area contributed by atoms with Gasteiger partial charge in [-0.1, -0.05) is 60.7 Å². The van der Waals surface area contributed by atoms with E-state index in [1.165, 1.54) is 6.20 Å². The van der Waals surface area contributed by atoms with Crippen molar-refractivity contribution in [2.24, 2.45) is 0 Å². The normalized spacial score (nSPS) is 10.2. The molecule has 0 saturated heterocycles. The van der Waals surface area contributed by atoms with Crippen LogP contribution in [0.5, 0.6) is 5.75 Å². The Morgan fingerprint density at radius 2 is 1.41 bits per heavy atom. The van der Waals surface area contributed by atoms with Crippen LogP contribution in [0.25, 0.3) is 11.1 Å². The standard InChI is InChI=1S/C26H21N3O3/c30-25(28-29-26(31)22-9-6-16-27-17-22)21-14-12-19(13-15-21)18-32-24-11-5-4-10-23(24)20-7-2-1-3-8-20/h1-17H,18H2,(H,28,30)(H,29,31). The van der Waals surface area contributed by atoms with E-state index >= 15 is 0 Å². The summed E-state index contributed by atoms with van der Waals surface area (Å²) < 4.78 is 6.04. The van der Waals surface area contributed by atoms with E-state index in [1.54, 1.807) is 30.5 Å². The summed E-state index contributed by atoms with van der Waals surface area (Å²) in [6, 6.07) is 28.2. The molecule has 0 spiro atoms. The number of ether oxygens (including phenoxy) is 1. The molecule has 3 aromatic carbocycles. The fourth-order valence-corrected chi connectivity index (χ4v) is 3.12. The predicted octanol–water partition coefficient (Wildman–Crippen LogP) is 4.40. The van der Waals surface area contributed by atoms with E-state index in [9.17, 15) is 9.59 Å². The monoisotopic (exact) mass is 423 g/mol. The molecule has 1 heterocycles. The van der Waals surface area contributed by atoms with E-state index in [4.69, 9.17) is 4.74 Å². The molecule has 0 aliphatic heterocycles. The lowest BCUT2D eigenvalue weighted by molar-refractivity contribution is 0.0846. The molecule has 158 valence electrons. The molecular weight excluding hydrogens is 402 g/mol. The molecule has 2 N–H and O–H groups in total. The van der Waals surface area contributed by atoms with Crippen LogP contribution >= 0.6 is 0 Å². The summed E-state index contributed by atoms with van der Waals surface area (Å²) in [4.78, 5) is 28.2. The molecule has 4 aromatic rings. The molecule has 0 saturated carbocycles. The molecule has 6 nitrogen and oxygen atoms in total. The SMILES string of the molecule is O=C(NNC(=O)c1cccnc1)c1ccc(COc2ccccc2-c2ccccc2)cc1. The largest absolute Gasteiger partial charge is 0.488 e. The lowest BCUT2D eigenvalue weighted by atomic mass is 10.0. The van der Waals surface area contributed by atoms with Crippen LogP contribution in [0.2, 0.25) is 0 Å². The highest BCUT2D eigenvalue weighted by atomic mass is 16.5. The quantitative estimate of drug-likeness (QED) is 0.451. The first kappa shape index (κ1) is 20.8. The summed E-state index contributed by atoms with van der Waals surface area (Å²) >= 11 is 0. The Kier molecular flexibility index (Phi) is 6.53. The number of pyridine rings is 1. The summed E-state index contributed by atoms with van der Waals surface area (Å²) in [5, 5.41) is 0. The summed E-state index contributed by atoms with van der Waals surface area (Å²) in [6.45, 7) is 0.365. The molecule has 0 fully saturated rings. The van der Waals surface area contributed by atoms with Crippen molar-refractivity contribution < 1.29 is 14.3 Å². The summed E-state index contributed by atoms with van der Waals surface area (Å²) in [6.07, 6.45) is 2.99. The molecule has 0 bridgehead atoms. The highest BCUT2D eigenvalue weighted by Gasteiger charge is 2.10. The zero-order valence-corrected chi connectivity index (χ0v) is 17.2. The highest BCUT2D eigenvalue weighted by Crippen LogP contribution is 2.30. The number of carbonyl (C=O) groups is 2. The van der Waals surface area contributed by atoms with Gasteiger partial charge in [-0.25, -0.2) is 0 Å². The maximum atomic E-state index is 12.3. The molecule has 1 aromatic heterocycles. The minimum Gasteiger partial charge on any atom is -0.488 e. The fourth-order valence-electron chi connectivity index (χ4n) is 3.12. The topological polar surface area (TPSA) is 80.3 Å². The predicted molar refractivity (Wildman–Crippen MR) is 122 cm³/mol. The zero-order chi connectivity index (χ0) is 22.2. The molecule has 4 rings (SSSR count). The van der Waals surface area contributed by atoms with Crippen molar-refractivity contribution in [3.05, 3.63) is 120 Å². The molecule has 2 amide bonds. The van der Waals surface area contributed by atoms with Gasteiger partial charge in [-0.05, 0) is 41.5 Å². The number of nitrogens with zero attached hydrogens (tertiary/aromatic N) is 1. The van der Waals surface area contributed by atoms with Gasteiger partial charge in [0.1, 0.15) is 12.4 Å². The Balaban J connectivity index is 1.35. The Labute approximate surface area is 185 Å². The second kappa shape index (κ2) is 10.0. The number of nitrogens with one attached hydrogen (secondary N) is 2. The maximum absolute atomic E-state index is 12.3. The minimum absolute atomic E-state index is 0.357. The van der Waals surface area contributed by atoms with E-state index in [2.05, 4.69) is 15.8 Å². The molecule has 0 unspecified atom stereocenters. The highest BCUT2D eigenvalue weighted by molar-refractivity contribution is 5.98. The van der Waals surface area contributed by atoms with Crippen LogP contribution in [0.15, 0.2) is 103 Å². The Bertz CT molecular complexity index is 1190. The average Bonchev–Trinajstić information content (AvgIpc) is 2.87. The van der Waals surface area contributed by atoms with Crippen molar-refractivity contribution in [2.45, 2.75) is 6.61 Å². The Morgan fingerprint density at radius 1 is 0.719 bits per heavy atom. The fraction of sp³-hybridized carbons (Fsp3) is 0.0385. The van der Waals surface area contributed by atoms with Crippen molar-refractivity contribution in [3.8, 4) is 16.9 Å². The van der Waals surface area contributed by atoms with Gasteiger partial charge >= 0.3 is 0 Å². The van der Waals surface area contributed by atoms with Crippen LogP contribution in [0.4, 0.5) is 0 Å². The second-order valence-corrected chi connectivity index (χ2v) is 7.00. The minimum atomic E-state index is -0.437. The van der Waals surface area contributed by atoms with Crippen LogP contribution in [0.3, 0.4) is 0 Å². The summed E-state index contributed by atoms with van der Waals surface area (Å²) in [5.74, 6) is -0.0590. The van der Waals surface area contributed by atoms with Crippen molar-refractivity contribution >= 4 is 11.8 Å². The average molecular weight is 423 g/mol. The summed E-state index contributed by atoms with van der Waals surface area (Å²) in [5.41, 5.74) is 8.59. The van der Waals surface area contributed by atoms with Crippen molar-refractivity contribution in [1.82, 2.24) is 15.8 Å². The first-order chi connectivity index (χ1) is 15.7. The van der Waals surface area contributed by atoms with Crippen LogP contribution in [0.1, 0.15) is 26.3 Å². The van der Waals surface area contributed by atoms with E-state index in [0.29, 0.717) is 17.7 Å². The molecule has 0 atom stereocenters. The van der Waals surface area contributed by atoms with Crippen molar-refractivity contribution in [2.75, 3.05) is 0 Å². The Hall–Kier alpha value is -4.45. The number of aromatic nitrogens is 1. The van der Waals surface area contributed by atoms with Gasteiger partial charge in [-0.3, -0.25) is 25.4 Å². The molecule has 6 heteroatoms. The van der Waals surface area contributed by atoms with Gasteiger partial charge < -0.3 is 4.74 Å².